The molecule has 2 aromatic rings. The van der Waals surface area contributed by atoms with E-state index < -0.39 is 11.5 Å². The number of tetrazole rings is 1. The normalized spacial score (nSPS) is 11.6. The van der Waals surface area contributed by atoms with Crippen LogP contribution in [0.5, 0.6) is 0 Å². The highest BCUT2D eigenvalue weighted by Gasteiger charge is 2.40. The summed E-state index contributed by atoms with van der Waals surface area (Å²) in [5.41, 5.74) is -0.477. The van der Waals surface area contributed by atoms with Gasteiger partial charge in [-0.05, 0) is 57.4 Å². The Bertz CT molecular complexity index is 670. The summed E-state index contributed by atoms with van der Waals surface area (Å²) >= 11 is 9.34. The predicted molar refractivity (Wildman–Crippen MR) is 82.2 cm³/mol. The fraction of sp³-hybridized carbons (Fsp3) is 0.385. The molecule has 0 radical (unpaired) electrons. The molecule has 0 bridgehead atoms. The molecule has 0 unspecified atom stereocenters. The molecule has 0 saturated heterocycles. The van der Waals surface area contributed by atoms with Gasteiger partial charge in [-0.1, -0.05) is 25.4 Å². The standard InChI is InChI=1S/C13H14BrClN4O2/c1-3-13(4-2,12(20)21)19-11(16-17-18-19)9-6-5-8(15)7-10(9)14/h5-7H,3-4H2,1-2H3,(H,20,21). The van der Waals surface area contributed by atoms with Crippen LogP contribution in [-0.4, -0.2) is 31.3 Å². The van der Waals surface area contributed by atoms with Crippen LogP contribution in [0.25, 0.3) is 11.4 Å². The van der Waals surface area contributed by atoms with E-state index >= 15 is 0 Å². The van der Waals surface area contributed by atoms with E-state index in [1.807, 2.05) is 0 Å². The van der Waals surface area contributed by atoms with Gasteiger partial charge < -0.3 is 5.11 Å². The molecule has 2 rings (SSSR count). The van der Waals surface area contributed by atoms with Crippen LogP contribution in [0.2, 0.25) is 5.02 Å². The maximum Gasteiger partial charge on any atom is 0.331 e. The fourth-order valence-corrected chi connectivity index (χ4v) is 3.12. The molecule has 1 N–H and O–H groups in total. The van der Waals surface area contributed by atoms with Crippen LogP contribution in [0.1, 0.15) is 26.7 Å². The lowest BCUT2D eigenvalue weighted by Gasteiger charge is -2.27. The Balaban J connectivity index is 2.64. The highest BCUT2D eigenvalue weighted by molar-refractivity contribution is 9.10. The SMILES string of the molecule is CCC(CC)(C(=O)O)n1nnnc1-c1ccc(Cl)cc1Br. The molecule has 21 heavy (non-hydrogen) atoms. The second-order valence-corrected chi connectivity index (χ2v) is 5.87. The van der Waals surface area contributed by atoms with Gasteiger partial charge in [0, 0.05) is 15.1 Å². The van der Waals surface area contributed by atoms with E-state index in [1.54, 1.807) is 32.0 Å². The smallest absolute Gasteiger partial charge is 0.331 e. The Morgan fingerprint density at radius 2 is 2.10 bits per heavy atom. The maximum absolute atomic E-state index is 11.8. The van der Waals surface area contributed by atoms with E-state index in [1.165, 1.54) is 4.68 Å². The third-order valence-electron chi connectivity index (χ3n) is 3.61. The van der Waals surface area contributed by atoms with Crippen molar-refractivity contribution in [3.63, 3.8) is 0 Å². The van der Waals surface area contributed by atoms with Crippen molar-refractivity contribution >= 4 is 33.5 Å². The van der Waals surface area contributed by atoms with Crippen molar-refractivity contribution in [1.29, 1.82) is 0 Å². The number of aromatic nitrogens is 4. The Labute approximate surface area is 135 Å². The summed E-state index contributed by atoms with van der Waals surface area (Å²) in [6.45, 7) is 3.61. The molecule has 0 aliphatic heterocycles. The van der Waals surface area contributed by atoms with Crippen LogP contribution in [0, 0.1) is 0 Å². The van der Waals surface area contributed by atoms with E-state index in [9.17, 15) is 9.90 Å². The first-order chi connectivity index (χ1) is 9.96. The fourth-order valence-electron chi connectivity index (χ4n) is 2.26. The van der Waals surface area contributed by atoms with Gasteiger partial charge in [0.15, 0.2) is 11.4 Å². The number of hydrogen-bond acceptors (Lipinski definition) is 4. The average molecular weight is 374 g/mol. The molecule has 1 heterocycles. The number of hydrogen-bond donors (Lipinski definition) is 1. The molecule has 0 aliphatic rings. The summed E-state index contributed by atoms with van der Waals surface area (Å²) in [6, 6.07) is 5.18. The summed E-state index contributed by atoms with van der Waals surface area (Å²) in [5.74, 6) is -0.559. The summed E-state index contributed by atoms with van der Waals surface area (Å²) < 4.78 is 2.08. The highest BCUT2D eigenvalue weighted by Crippen LogP contribution is 2.33. The zero-order valence-corrected chi connectivity index (χ0v) is 13.9. The summed E-state index contributed by atoms with van der Waals surface area (Å²) in [7, 11) is 0. The molecule has 1 aromatic heterocycles. The molecule has 6 nitrogen and oxygen atoms in total. The van der Waals surface area contributed by atoms with Gasteiger partial charge in [-0.3, -0.25) is 0 Å². The van der Waals surface area contributed by atoms with Crippen molar-refractivity contribution in [3.8, 4) is 11.4 Å². The zero-order chi connectivity index (χ0) is 15.6. The minimum atomic E-state index is -1.17. The van der Waals surface area contributed by atoms with Crippen LogP contribution >= 0.6 is 27.5 Å². The molecule has 0 fully saturated rings. The van der Waals surface area contributed by atoms with Crippen molar-refractivity contribution in [1.82, 2.24) is 20.2 Å². The van der Waals surface area contributed by atoms with E-state index in [0.29, 0.717) is 33.7 Å². The number of carboxylic acids is 1. The Hall–Kier alpha value is -1.47. The molecule has 8 heteroatoms. The van der Waals surface area contributed by atoms with Crippen molar-refractivity contribution in [2.75, 3.05) is 0 Å². The summed E-state index contributed by atoms with van der Waals surface area (Å²) in [4.78, 5) is 11.8. The molecule has 0 aliphatic carbocycles. The Morgan fingerprint density at radius 1 is 1.43 bits per heavy atom. The predicted octanol–water partition coefficient (Wildman–Crippen LogP) is 3.36. The minimum absolute atomic E-state index is 0.377. The van der Waals surface area contributed by atoms with Crippen molar-refractivity contribution in [2.45, 2.75) is 32.2 Å². The van der Waals surface area contributed by atoms with Gasteiger partial charge in [-0.25, -0.2) is 9.48 Å². The molecule has 0 amide bonds. The zero-order valence-electron chi connectivity index (χ0n) is 11.5. The average Bonchev–Trinajstić information content (AvgIpc) is 2.90. The number of benzene rings is 1. The second kappa shape index (κ2) is 6.11. The van der Waals surface area contributed by atoms with Gasteiger partial charge in [0.2, 0.25) is 0 Å². The third kappa shape index (κ3) is 2.67. The number of carbonyl (C=O) groups is 1. The summed E-state index contributed by atoms with van der Waals surface area (Å²) in [6.07, 6.45) is 0.754. The van der Waals surface area contributed by atoms with Gasteiger partial charge in [0.25, 0.3) is 0 Å². The van der Waals surface area contributed by atoms with E-state index in [0.717, 1.165) is 0 Å². The number of carboxylic acid groups (broad SMARTS) is 1. The van der Waals surface area contributed by atoms with Gasteiger partial charge in [0.1, 0.15) is 0 Å². The Kier molecular flexibility index (Phi) is 4.63. The minimum Gasteiger partial charge on any atom is -0.479 e. The molecule has 0 spiro atoms. The van der Waals surface area contributed by atoms with E-state index in [4.69, 9.17) is 11.6 Å². The lowest BCUT2D eigenvalue weighted by molar-refractivity contribution is -0.148. The van der Waals surface area contributed by atoms with Crippen molar-refractivity contribution in [3.05, 3.63) is 27.7 Å². The second-order valence-electron chi connectivity index (χ2n) is 4.58. The van der Waals surface area contributed by atoms with E-state index in [-0.39, 0.29) is 0 Å². The molecular weight excluding hydrogens is 360 g/mol. The van der Waals surface area contributed by atoms with Crippen LogP contribution in [0.15, 0.2) is 22.7 Å². The van der Waals surface area contributed by atoms with Crippen molar-refractivity contribution in [2.24, 2.45) is 0 Å². The van der Waals surface area contributed by atoms with Gasteiger partial charge in [-0.2, -0.15) is 0 Å². The lowest BCUT2D eigenvalue weighted by atomic mass is 9.92. The quantitative estimate of drug-likeness (QED) is 0.869. The van der Waals surface area contributed by atoms with Gasteiger partial charge in [-0.15, -0.1) is 5.10 Å². The maximum atomic E-state index is 11.8. The molecule has 1 aromatic carbocycles. The van der Waals surface area contributed by atoms with Crippen LogP contribution in [0.3, 0.4) is 0 Å². The highest BCUT2D eigenvalue weighted by atomic mass is 79.9. The number of aliphatic carboxylic acids is 1. The third-order valence-corrected chi connectivity index (χ3v) is 4.51. The first-order valence-electron chi connectivity index (χ1n) is 6.44. The van der Waals surface area contributed by atoms with Crippen LogP contribution in [-0.2, 0) is 10.3 Å². The Morgan fingerprint density at radius 3 is 2.62 bits per heavy atom. The number of nitrogens with zero attached hydrogens (tertiary/aromatic N) is 4. The van der Waals surface area contributed by atoms with Gasteiger partial charge in [0.05, 0.1) is 0 Å². The monoisotopic (exact) mass is 372 g/mol. The molecular formula is C13H14BrClN4O2. The first-order valence-corrected chi connectivity index (χ1v) is 7.61. The van der Waals surface area contributed by atoms with Crippen LogP contribution in [0.4, 0.5) is 0 Å². The first kappa shape index (κ1) is 15.9. The van der Waals surface area contributed by atoms with Crippen molar-refractivity contribution < 1.29 is 9.90 Å². The number of rotatable bonds is 5. The molecule has 112 valence electrons. The summed E-state index contributed by atoms with van der Waals surface area (Å²) in [5, 5.41) is 21.8. The molecule has 0 saturated carbocycles. The topological polar surface area (TPSA) is 80.9 Å². The van der Waals surface area contributed by atoms with Gasteiger partial charge >= 0.3 is 5.97 Å². The van der Waals surface area contributed by atoms with Crippen LogP contribution < -0.4 is 0 Å². The largest absolute Gasteiger partial charge is 0.479 e. The lowest BCUT2D eigenvalue weighted by Crippen LogP contribution is -2.42. The molecule has 0 atom stereocenters. The van der Waals surface area contributed by atoms with E-state index in [2.05, 4.69) is 31.5 Å². The number of halogens is 2.